The molecule has 0 radical (unpaired) electrons. The van der Waals surface area contributed by atoms with E-state index >= 15 is 0 Å². The van der Waals surface area contributed by atoms with E-state index in [0.717, 1.165) is 10.5 Å². The molecule has 0 saturated carbocycles. The summed E-state index contributed by atoms with van der Waals surface area (Å²) in [5.41, 5.74) is 0.0343. The zero-order chi connectivity index (χ0) is 14.7. The molecular formula is C14H11BrFNO3. The first kappa shape index (κ1) is 14.3. The highest BCUT2D eigenvalue weighted by molar-refractivity contribution is 9.10. The minimum absolute atomic E-state index is 0.394. The Morgan fingerprint density at radius 3 is 2.75 bits per heavy atom. The third-order valence-corrected chi connectivity index (χ3v) is 3.28. The number of hydrogen-bond donors (Lipinski definition) is 2. The van der Waals surface area contributed by atoms with Crippen LogP contribution < -0.4 is 10.1 Å². The lowest BCUT2D eigenvalue weighted by molar-refractivity contribution is 0.102. The summed E-state index contributed by atoms with van der Waals surface area (Å²) in [6.07, 6.45) is 0. The number of ether oxygens (including phenoxy) is 1. The lowest BCUT2D eigenvalue weighted by Crippen LogP contribution is -2.14. The number of amides is 1. The Hall–Kier alpha value is -2.08. The van der Waals surface area contributed by atoms with Crippen molar-refractivity contribution in [2.45, 2.75) is 0 Å². The molecular weight excluding hydrogens is 329 g/mol. The van der Waals surface area contributed by atoms with Crippen LogP contribution in [0, 0.1) is 5.82 Å². The summed E-state index contributed by atoms with van der Waals surface area (Å²) in [6.45, 7) is 0. The number of halogens is 2. The molecule has 0 atom stereocenters. The molecule has 0 aliphatic rings. The summed E-state index contributed by atoms with van der Waals surface area (Å²) in [5.74, 6) is -1.40. The van der Waals surface area contributed by atoms with E-state index in [1.807, 2.05) is 0 Å². The number of nitrogens with one attached hydrogen (secondary N) is 1. The molecule has 2 N–H and O–H groups in total. The van der Waals surface area contributed by atoms with Crippen LogP contribution in [-0.4, -0.2) is 18.1 Å². The van der Waals surface area contributed by atoms with Gasteiger partial charge in [-0.3, -0.25) is 4.79 Å². The van der Waals surface area contributed by atoms with Gasteiger partial charge in [0.2, 0.25) is 0 Å². The van der Waals surface area contributed by atoms with Crippen LogP contribution >= 0.6 is 15.9 Å². The molecule has 4 nitrogen and oxygen atoms in total. The lowest BCUT2D eigenvalue weighted by atomic mass is 10.1. The molecule has 104 valence electrons. The van der Waals surface area contributed by atoms with E-state index in [1.165, 1.54) is 19.2 Å². The second-order valence-electron chi connectivity index (χ2n) is 3.94. The maximum absolute atomic E-state index is 13.6. The summed E-state index contributed by atoms with van der Waals surface area (Å²) in [4.78, 5) is 12.0. The highest BCUT2D eigenvalue weighted by Crippen LogP contribution is 2.28. The van der Waals surface area contributed by atoms with Crippen LogP contribution in [-0.2, 0) is 0 Å². The average molecular weight is 340 g/mol. The fraction of sp³-hybridized carbons (Fsp3) is 0.0714. The van der Waals surface area contributed by atoms with Crippen LogP contribution in [0.4, 0.5) is 10.1 Å². The van der Waals surface area contributed by atoms with Gasteiger partial charge in [-0.15, -0.1) is 0 Å². The van der Waals surface area contributed by atoms with E-state index in [0.29, 0.717) is 11.4 Å². The first-order valence-corrected chi connectivity index (χ1v) is 6.44. The van der Waals surface area contributed by atoms with Crippen molar-refractivity contribution >= 4 is 27.5 Å². The Morgan fingerprint density at radius 2 is 2.10 bits per heavy atom. The van der Waals surface area contributed by atoms with Gasteiger partial charge in [-0.25, -0.2) is 4.39 Å². The Morgan fingerprint density at radius 1 is 1.35 bits per heavy atom. The maximum Gasteiger partial charge on any atom is 0.262 e. The molecule has 0 aromatic heterocycles. The predicted octanol–water partition coefficient (Wildman–Crippen LogP) is 3.55. The normalized spacial score (nSPS) is 10.2. The summed E-state index contributed by atoms with van der Waals surface area (Å²) in [5, 5.41) is 12.1. The van der Waals surface area contributed by atoms with Crippen molar-refractivity contribution in [1.29, 1.82) is 0 Å². The van der Waals surface area contributed by atoms with Gasteiger partial charge in [0.15, 0.2) is 0 Å². The average Bonchev–Trinajstić information content (AvgIpc) is 2.40. The molecule has 0 unspecified atom stereocenters. The lowest BCUT2D eigenvalue weighted by Gasteiger charge is -2.10. The molecule has 2 aromatic rings. The number of hydrogen-bond acceptors (Lipinski definition) is 3. The van der Waals surface area contributed by atoms with Crippen LogP contribution in [0.3, 0.4) is 0 Å². The summed E-state index contributed by atoms with van der Waals surface area (Å²) in [6, 6.07) is 8.58. The quantitative estimate of drug-likeness (QED) is 0.898. The summed E-state index contributed by atoms with van der Waals surface area (Å²) >= 11 is 3.29. The highest BCUT2D eigenvalue weighted by atomic mass is 79.9. The molecule has 20 heavy (non-hydrogen) atoms. The summed E-state index contributed by atoms with van der Waals surface area (Å²) in [7, 11) is 1.49. The highest BCUT2D eigenvalue weighted by Gasteiger charge is 2.17. The van der Waals surface area contributed by atoms with Gasteiger partial charge in [-0.1, -0.05) is 6.07 Å². The number of rotatable bonds is 3. The van der Waals surface area contributed by atoms with E-state index in [9.17, 15) is 14.3 Å². The largest absolute Gasteiger partial charge is 0.507 e. The molecule has 0 spiro atoms. The van der Waals surface area contributed by atoms with Gasteiger partial charge in [-0.05, 0) is 40.2 Å². The number of carbonyl (C=O) groups is 1. The van der Waals surface area contributed by atoms with Gasteiger partial charge in [0, 0.05) is 11.8 Å². The van der Waals surface area contributed by atoms with Gasteiger partial charge in [-0.2, -0.15) is 0 Å². The fourth-order valence-electron chi connectivity index (χ4n) is 1.67. The molecule has 1 amide bonds. The van der Waals surface area contributed by atoms with Crippen LogP contribution in [0.15, 0.2) is 40.9 Å². The van der Waals surface area contributed by atoms with Crippen LogP contribution in [0.2, 0.25) is 0 Å². The number of phenolic OH excluding ortho intramolecular Hbond substituents is 1. The molecule has 0 saturated heterocycles. The van der Waals surface area contributed by atoms with E-state index in [-0.39, 0.29) is 0 Å². The fourth-order valence-corrected chi connectivity index (χ4v) is 2.08. The van der Waals surface area contributed by atoms with Crippen LogP contribution in [0.25, 0.3) is 0 Å². The van der Waals surface area contributed by atoms with Crippen molar-refractivity contribution < 1.29 is 19.0 Å². The van der Waals surface area contributed by atoms with Gasteiger partial charge in [0.05, 0.1) is 11.6 Å². The minimum atomic E-state index is -0.786. The van der Waals surface area contributed by atoms with Crippen LogP contribution in [0.5, 0.6) is 11.5 Å². The standard InChI is InChI=1S/C14H11BrFNO3/c1-20-12-7-8(5-6-9(12)15)17-14(19)13-10(16)3-2-4-11(13)18/h2-7,18H,1H3,(H,17,19). The zero-order valence-electron chi connectivity index (χ0n) is 10.5. The van der Waals surface area contributed by atoms with Gasteiger partial charge in [0.1, 0.15) is 22.9 Å². The monoisotopic (exact) mass is 339 g/mol. The number of anilines is 1. The Bertz CT molecular complexity index is 641. The Kier molecular flexibility index (Phi) is 4.24. The number of benzene rings is 2. The van der Waals surface area contributed by atoms with E-state index in [1.54, 1.807) is 18.2 Å². The van der Waals surface area contributed by atoms with E-state index in [4.69, 9.17) is 4.74 Å². The number of methoxy groups -OCH3 is 1. The molecule has 0 fully saturated rings. The van der Waals surface area contributed by atoms with E-state index < -0.39 is 23.0 Å². The van der Waals surface area contributed by atoms with Crippen molar-refractivity contribution in [3.05, 3.63) is 52.3 Å². The van der Waals surface area contributed by atoms with Crippen molar-refractivity contribution in [2.24, 2.45) is 0 Å². The molecule has 2 aromatic carbocycles. The first-order valence-electron chi connectivity index (χ1n) is 5.65. The second kappa shape index (κ2) is 5.92. The Labute approximate surface area is 123 Å². The Balaban J connectivity index is 2.28. The minimum Gasteiger partial charge on any atom is -0.507 e. The van der Waals surface area contributed by atoms with E-state index in [2.05, 4.69) is 21.2 Å². The van der Waals surface area contributed by atoms with Gasteiger partial charge in [0.25, 0.3) is 5.91 Å². The molecule has 0 bridgehead atoms. The van der Waals surface area contributed by atoms with Crippen molar-refractivity contribution in [3.63, 3.8) is 0 Å². The van der Waals surface area contributed by atoms with Crippen molar-refractivity contribution in [1.82, 2.24) is 0 Å². The SMILES string of the molecule is COc1cc(NC(=O)c2c(O)cccc2F)ccc1Br. The molecule has 6 heteroatoms. The van der Waals surface area contributed by atoms with Crippen LogP contribution in [0.1, 0.15) is 10.4 Å². The van der Waals surface area contributed by atoms with Crippen molar-refractivity contribution in [3.8, 4) is 11.5 Å². The number of aromatic hydroxyl groups is 1. The summed E-state index contributed by atoms with van der Waals surface area (Å²) < 4.78 is 19.4. The molecule has 0 aliphatic heterocycles. The van der Waals surface area contributed by atoms with Gasteiger partial charge >= 0.3 is 0 Å². The molecule has 0 heterocycles. The maximum atomic E-state index is 13.6. The second-order valence-corrected chi connectivity index (χ2v) is 4.79. The third kappa shape index (κ3) is 2.91. The topological polar surface area (TPSA) is 58.6 Å². The third-order valence-electron chi connectivity index (χ3n) is 2.63. The smallest absolute Gasteiger partial charge is 0.262 e. The molecule has 2 rings (SSSR count). The zero-order valence-corrected chi connectivity index (χ0v) is 12.1. The van der Waals surface area contributed by atoms with Gasteiger partial charge < -0.3 is 15.2 Å². The number of carbonyl (C=O) groups excluding carboxylic acids is 1. The molecule has 0 aliphatic carbocycles. The predicted molar refractivity (Wildman–Crippen MR) is 76.7 cm³/mol. The van der Waals surface area contributed by atoms with Crippen molar-refractivity contribution in [2.75, 3.05) is 12.4 Å². The first-order chi connectivity index (χ1) is 9.52. The number of phenols is 1.